The highest BCUT2D eigenvalue weighted by Gasteiger charge is 2.37. The largest absolute Gasteiger partial charge is 0.497 e. The summed E-state index contributed by atoms with van der Waals surface area (Å²) in [5, 5.41) is 18.3. The minimum atomic E-state index is -2.28. The Morgan fingerprint density at radius 1 is 1.44 bits per heavy atom. The van der Waals surface area contributed by atoms with Crippen molar-refractivity contribution in [2.45, 2.75) is 31.5 Å². The Balaban J connectivity index is 2.60. The molecular formula is C13H17FO4. The van der Waals surface area contributed by atoms with Gasteiger partial charge in [0.25, 0.3) is 0 Å². The Morgan fingerprint density at radius 2 is 2.00 bits per heavy atom. The van der Waals surface area contributed by atoms with E-state index < -0.39 is 17.7 Å². The van der Waals surface area contributed by atoms with Gasteiger partial charge in [-0.1, -0.05) is 12.1 Å². The van der Waals surface area contributed by atoms with Gasteiger partial charge in [0, 0.05) is 0 Å². The van der Waals surface area contributed by atoms with Crippen molar-refractivity contribution in [2.75, 3.05) is 7.11 Å². The summed E-state index contributed by atoms with van der Waals surface area (Å²) in [6.45, 7) is 1.19. The van der Waals surface area contributed by atoms with Gasteiger partial charge in [-0.05, 0) is 37.5 Å². The molecule has 0 saturated carbocycles. The van der Waals surface area contributed by atoms with E-state index in [1.165, 1.54) is 6.92 Å². The summed E-state index contributed by atoms with van der Waals surface area (Å²) >= 11 is 0. The summed E-state index contributed by atoms with van der Waals surface area (Å²) in [4.78, 5) is 10.5. The maximum atomic E-state index is 13.3. The van der Waals surface area contributed by atoms with E-state index in [4.69, 9.17) is 9.84 Å². The first-order valence-electron chi connectivity index (χ1n) is 5.59. The molecule has 1 aromatic rings. The van der Waals surface area contributed by atoms with Gasteiger partial charge in [0.15, 0.2) is 0 Å². The molecule has 0 heterocycles. The fourth-order valence-corrected chi connectivity index (χ4v) is 1.58. The number of carboxylic acid groups (broad SMARTS) is 1. The summed E-state index contributed by atoms with van der Waals surface area (Å²) in [5.74, 6) is -0.936. The Bertz CT molecular complexity index is 400. The fraction of sp³-hybridized carbons (Fsp3) is 0.462. The first-order valence-corrected chi connectivity index (χ1v) is 5.59. The number of carboxylic acids is 1. The third-order valence-corrected chi connectivity index (χ3v) is 2.84. The number of aliphatic carboxylic acids is 1. The molecule has 2 atom stereocenters. The van der Waals surface area contributed by atoms with E-state index in [-0.39, 0.29) is 6.42 Å². The van der Waals surface area contributed by atoms with E-state index in [2.05, 4.69) is 0 Å². The van der Waals surface area contributed by atoms with Crippen LogP contribution in [0.3, 0.4) is 0 Å². The van der Waals surface area contributed by atoms with Gasteiger partial charge in [-0.2, -0.15) is 0 Å². The average molecular weight is 256 g/mol. The van der Waals surface area contributed by atoms with Crippen LogP contribution in [0.4, 0.5) is 4.39 Å². The van der Waals surface area contributed by atoms with Crippen LogP contribution in [0.2, 0.25) is 0 Å². The quantitative estimate of drug-likeness (QED) is 0.814. The highest BCUT2D eigenvalue weighted by molar-refractivity contribution is 5.73. The first kappa shape index (κ1) is 14.4. The van der Waals surface area contributed by atoms with Gasteiger partial charge in [-0.15, -0.1) is 0 Å². The van der Waals surface area contributed by atoms with Gasteiger partial charge < -0.3 is 14.9 Å². The van der Waals surface area contributed by atoms with E-state index in [0.29, 0.717) is 12.2 Å². The molecule has 0 bridgehead atoms. The van der Waals surface area contributed by atoms with Crippen molar-refractivity contribution in [3.63, 3.8) is 0 Å². The minimum absolute atomic E-state index is 0.0345. The van der Waals surface area contributed by atoms with Crippen molar-refractivity contribution in [1.29, 1.82) is 0 Å². The third-order valence-electron chi connectivity index (χ3n) is 2.84. The normalized spacial score (nSPS) is 15.8. The molecule has 1 aromatic carbocycles. The van der Waals surface area contributed by atoms with E-state index in [9.17, 15) is 14.3 Å². The van der Waals surface area contributed by atoms with Crippen LogP contribution in [0.5, 0.6) is 5.75 Å². The number of methoxy groups -OCH3 is 1. The summed E-state index contributed by atoms with van der Waals surface area (Å²) in [6.07, 6.45) is -1.85. The highest BCUT2D eigenvalue weighted by atomic mass is 19.1. The maximum Gasteiger partial charge on any atom is 0.341 e. The zero-order chi connectivity index (χ0) is 13.8. The van der Waals surface area contributed by atoms with Crippen LogP contribution in [0.25, 0.3) is 0 Å². The fourth-order valence-electron chi connectivity index (χ4n) is 1.58. The van der Waals surface area contributed by atoms with E-state index in [1.54, 1.807) is 31.4 Å². The summed E-state index contributed by atoms with van der Waals surface area (Å²) in [5.41, 5.74) is -0.986. The van der Waals surface area contributed by atoms with Crippen molar-refractivity contribution in [3.8, 4) is 5.75 Å². The Morgan fingerprint density at radius 3 is 2.44 bits per heavy atom. The number of halogens is 1. The SMILES string of the molecule is COc1ccc(CCC(C)(O)C(F)C(=O)O)cc1. The van der Waals surface area contributed by atoms with Gasteiger partial charge in [0.05, 0.1) is 7.11 Å². The van der Waals surface area contributed by atoms with Crippen LogP contribution in [-0.2, 0) is 11.2 Å². The van der Waals surface area contributed by atoms with Crippen molar-refractivity contribution in [2.24, 2.45) is 0 Å². The molecule has 0 aliphatic rings. The van der Waals surface area contributed by atoms with Crippen molar-refractivity contribution >= 4 is 5.97 Å². The molecule has 0 radical (unpaired) electrons. The highest BCUT2D eigenvalue weighted by Crippen LogP contribution is 2.22. The topological polar surface area (TPSA) is 66.8 Å². The van der Waals surface area contributed by atoms with Crippen LogP contribution in [0.1, 0.15) is 18.9 Å². The van der Waals surface area contributed by atoms with Crippen LogP contribution >= 0.6 is 0 Å². The second kappa shape index (κ2) is 5.82. The average Bonchev–Trinajstić information content (AvgIpc) is 2.36. The minimum Gasteiger partial charge on any atom is -0.497 e. The monoisotopic (exact) mass is 256 g/mol. The number of benzene rings is 1. The molecule has 5 heteroatoms. The number of ether oxygens (including phenoxy) is 1. The number of aryl methyl sites for hydroxylation is 1. The van der Waals surface area contributed by atoms with Crippen molar-refractivity contribution in [1.82, 2.24) is 0 Å². The molecule has 2 N–H and O–H groups in total. The number of rotatable bonds is 6. The summed E-state index contributed by atoms with van der Waals surface area (Å²) in [6, 6.07) is 7.11. The number of aliphatic hydroxyl groups is 1. The lowest BCUT2D eigenvalue weighted by Crippen LogP contribution is -2.42. The van der Waals surface area contributed by atoms with E-state index in [1.807, 2.05) is 0 Å². The Kier molecular flexibility index (Phi) is 4.67. The van der Waals surface area contributed by atoms with Crippen LogP contribution < -0.4 is 4.74 Å². The lowest BCUT2D eigenvalue weighted by atomic mass is 9.92. The predicted molar refractivity (Wildman–Crippen MR) is 64.5 cm³/mol. The zero-order valence-electron chi connectivity index (χ0n) is 10.4. The molecule has 0 aliphatic carbocycles. The maximum absolute atomic E-state index is 13.3. The van der Waals surface area contributed by atoms with Crippen LogP contribution in [0, 0.1) is 0 Å². The standard InChI is InChI=1S/C13H17FO4/c1-13(17,11(14)12(15)16)8-7-9-3-5-10(18-2)6-4-9/h3-6,11,17H,7-8H2,1-2H3,(H,15,16). The van der Waals surface area contributed by atoms with Crippen molar-refractivity contribution < 1.29 is 24.1 Å². The molecule has 0 aromatic heterocycles. The first-order chi connectivity index (χ1) is 8.36. The Hall–Kier alpha value is -1.62. The zero-order valence-corrected chi connectivity index (χ0v) is 10.4. The number of hydrogen-bond donors (Lipinski definition) is 2. The predicted octanol–water partition coefficient (Wildman–Crippen LogP) is 1.80. The molecule has 0 amide bonds. The lowest BCUT2D eigenvalue weighted by Gasteiger charge is -2.24. The molecule has 0 aliphatic heterocycles. The Labute approximate surface area is 105 Å². The summed E-state index contributed by atoms with van der Waals surface area (Å²) < 4.78 is 18.3. The molecule has 2 unspecified atom stereocenters. The summed E-state index contributed by atoms with van der Waals surface area (Å²) in [7, 11) is 1.56. The van der Waals surface area contributed by atoms with Crippen LogP contribution in [-0.4, -0.2) is 35.1 Å². The molecule has 100 valence electrons. The van der Waals surface area contributed by atoms with Gasteiger partial charge in [-0.3, -0.25) is 0 Å². The van der Waals surface area contributed by atoms with E-state index >= 15 is 0 Å². The molecule has 18 heavy (non-hydrogen) atoms. The van der Waals surface area contributed by atoms with Gasteiger partial charge in [0.1, 0.15) is 11.4 Å². The van der Waals surface area contributed by atoms with Gasteiger partial charge in [-0.25, -0.2) is 9.18 Å². The molecule has 0 saturated heterocycles. The smallest absolute Gasteiger partial charge is 0.341 e. The van der Waals surface area contributed by atoms with Crippen LogP contribution in [0.15, 0.2) is 24.3 Å². The number of carbonyl (C=O) groups is 1. The second-order valence-corrected chi connectivity index (χ2v) is 4.41. The number of hydrogen-bond acceptors (Lipinski definition) is 3. The second-order valence-electron chi connectivity index (χ2n) is 4.41. The molecule has 0 fully saturated rings. The van der Waals surface area contributed by atoms with E-state index in [0.717, 1.165) is 5.56 Å². The van der Waals surface area contributed by atoms with Gasteiger partial charge >= 0.3 is 5.97 Å². The molecule has 1 rings (SSSR count). The molecule has 4 nitrogen and oxygen atoms in total. The molecule has 0 spiro atoms. The van der Waals surface area contributed by atoms with Gasteiger partial charge in [0.2, 0.25) is 6.17 Å². The number of alkyl halides is 1. The van der Waals surface area contributed by atoms with Crippen molar-refractivity contribution in [3.05, 3.63) is 29.8 Å². The molecular weight excluding hydrogens is 239 g/mol. The third kappa shape index (κ3) is 3.70. The lowest BCUT2D eigenvalue weighted by molar-refractivity contribution is -0.153.